The van der Waals surface area contributed by atoms with Crippen molar-refractivity contribution in [2.24, 2.45) is 0 Å². The van der Waals surface area contributed by atoms with Gasteiger partial charge < -0.3 is 9.47 Å². The van der Waals surface area contributed by atoms with Crippen molar-refractivity contribution >= 4 is 11.9 Å². The van der Waals surface area contributed by atoms with Crippen LogP contribution in [0.3, 0.4) is 0 Å². The monoisotopic (exact) mass is 382 g/mol. The molecule has 0 saturated carbocycles. The van der Waals surface area contributed by atoms with E-state index in [4.69, 9.17) is 9.47 Å². The highest BCUT2D eigenvalue weighted by atomic mass is 19.1. The highest BCUT2D eigenvalue weighted by Crippen LogP contribution is 2.35. The Balaban J connectivity index is 1.59. The first kappa shape index (κ1) is 18.0. The van der Waals surface area contributed by atoms with Crippen molar-refractivity contribution in [3.63, 3.8) is 0 Å². The number of rotatable bonds is 6. The molecule has 0 unspecified atom stereocenters. The summed E-state index contributed by atoms with van der Waals surface area (Å²) in [5, 5.41) is 6.92. The Bertz CT molecular complexity index is 987. The molecule has 2 aromatic carbocycles. The number of aromatic nitrogens is 3. The van der Waals surface area contributed by atoms with E-state index in [0.717, 1.165) is 11.1 Å². The number of carbonyl (C=O) groups is 1. The predicted octanol–water partition coefficient (Wildman–Crippen LogP) is 3.33. The molecule has 144 valence electrons. The quantitative estimate of drug-likeness (QED) is 0.708. The van der Waals surface area contributed by atoms with E-state index < -0.39 is 0 Å². The summed E-state index contributed by atoms with van der Waals surface area (Å²) in [6.45, 7) is 2.65. The molecule has 1 aromatic heterocycles. The predicted molar refractivity (Wildman–Crippen MR) is 99.8 cm³/mol. The standard InChI is InChI=1S/C20H19FN4O3/c1-2-27-18-9-14(16-10-19(26)24-20-22-12-23-25(16)20)5-8-17(18)28-11-13-3-6-15(21)7-4-13/h3-9,12,16H,2,10-11H2,1H3,(H,22,23,24,26)/t16-/m1/s1. The number of ether oxygens (including phenoxy) is 2. The second-order valence-corrected chi connectivity index (χ2v) is 6.35. The number of fused-ring (bicyclic) bond motifs is 1. The Morgan fingerprint density at radius 3 is 2.79 bits per heavy atom. The fourth-order valence-corrected chi connectivity index (χ4v) is 3.13. The molecular formula is C20H19FN4O3. The molecule has 1 aliphatic rings. The molecule has 2 heterocycles. The van der Waals surface area contributed by atoms with E-state index in [1.165, 1.54) is 18.5 Å². The molecule has 0 radical (unpaired) electrons. The summed E-state index contributed by atoms with van der Waals surface area (Å²) in [7, 11) is 0. The molecular weight excluding hydrogens is 363 g/mol. The van der Waals surface area contributed by atoms with Gasteiger partial charge in [-0.15, -0.1) is 0 Å². The highest BCUT2D eigenvalue weighted by molar-refractivity contribution is 5.91. The minimum absolute atomic E-state index is 0.111. The second-order valence-electron chi connectivity index (χ2n) is 6.35. The number of hydrogen-bond donors (Lipinski definition) is 1. The van der Waals surface area contributed by atoms with Crippen LogP contribution in [-0.2, 0) is 11.4 Å². The van der Waals surface area contributed by atoms with Crippen LogP contribution >= 0.6 is 0 Å². The van der Waals surface area contributed by atoms with Crippen LogP contribution in [0.25, 0.3) is 0 Å². The van der Waals surface area contributed by atoms with E-state index in [1.807, 2.05) is 25.1 Å². The summed E-state index contributed by atoms with van der Waals surface area (Å²) in [6.07, 6.45) is 1.68. The summed E-state index contributed by atoms with van der Waals surface area (Å²) < 4.78 is 26.3. The maximum Gasteiger partial charge on any atom is 0.229 e. The van der Waals surface area contributed by atoms with Crippen molar-refractivity contribution in [1.82, 2.24) is 14.8 Å². The fraction of sp³-hybridized carbons (Fsp3) is 0.250. The van der Waals surface area contributed by atoms with Gasteiger partial charge in [-0.3, -0.25) is 10.1 Å². The topological polar surface area (TPSA) is 78.3 Å². The zero-order chi connectivity index (χ0) is 19.5. The molecule has 28 heavy (non-hydrogen) atoms. The summed E-state index contributed by atoms with van der Waals surface area (Å²) >= 11 is 0. The lowest BCUT2D eigenvalue weighted by Gasteiger charge is -2.24. The van der Waals surface area contributed by atoms with E-state index in [0.29, 0.717) is 30.7 Å². The number of anilines is 1. The molecule has 0 aliphatic carbocycles. The van der Waals surface area contributed by atoms with Crippen LogP contribution in [0.1, 0.15) is 30.5 Å². The average molecular weight is 382 g/mol. The van der Waals surface area contributed by atoms with E-state index in [9.17, 15) is 9.18 Å². The number of hydrogen-bond acceptors (Lipinski definition) is 5. The Kier molecular flexibility index (Phi) is 4.92. The molecule has 0 saturated heterocycles. The largest absolute Gasteiger partial charge is 0.490 e. The van der Waals surface area contributed by atoms with Crippen LogP contribution in [0, 0.1) is 5.82 Å². The SMILES string of the molecule is CCOc1cc([C@H]2CC(=O)Nc3ncnn32)ccc1OCc1ccc(F)cc1. The first-order valence-corrected chi connectivity index (χ1v) is 8.97. The van der Waals surface area contributed by atoms with Crippen molar-refractivity contribution in [2.75, 3.05) is 11.9 Å². The lowest BCUT2D eigenvalue weighted by Crippen LogP contribution is -2.29. The van der Waals surface area contributed by atoms with E-state index >= 15 is 0 Å². The lowest BCUT2D eigenvalue weighted by molar-refractivity contribution is -0.117. The second kappa shape index (κ2) is 7.67. The maximum absolute atomic E-state index is 13.0. The van der Waals surface area contributed by atoms with Gasteiger partial charge in [-0.05, 0) is 42.3 Å². The maximum atomic E-state index is 13.0. The third kappa shape index (κ3) is 3.66. The first-order valence-electron chi connectivity index (χ1n) is 8.97. The number of benzene rings is 2. The number of nitrogens with one attached hydrogen (secondary N) is 1. The molecule has 1 N–H and O–H groups in total. The van der Waals surface area contributed by atoms with Crippen LogP contribution in [0.2, 0.25) is 0 Å². The van der Waals surface area contributed by atoms with Crippen LogP contribution in [0.5, 0.6) is 11.5 Å². The zero-order valence-electron chi connectivity index (χ0n) is 15.3. The van der Waals surface area contributed by atoms with Crippen molar-refractivity contribution in [1.29, 1.82) is 0 Å². The van der Waals surface area contributed by atoms with Gasteiger partial charge in [0.15, 0.2) is 11.5 Å². The fourth-order valence-electron chi connectivity index (χ4n) is 3.13. The van der Waals surface area contributed by atoms with Crippen molar-refractivity contribution in [3.05, 3.63) is 65.7 Å². The molecule has 7 nitrogen and oxygen atoms in total. The van der Waals surface area contributed by atoms with Gasteiger partial charge in [0.1, 0.15) is 18.8 Å². The van der Waals surface area contributed by atoms with Gasteiger partial charge >= 0.3 is 0 Å². The Labute approximate surface area is 161 Å². The minimum atomic E-state index is -0.285. The smallest absolute Gasteiger partial charge is 0.229 e. The van der Waals surface area contributed by atoms with Crippen LogP contribution in [-0.4, -0.2) is 27.3 Å². The molecule has 0 bridgehead atoms. The van der Waals surface area contributed by atoms with Crippen molar-refractivity contribution in [2.45, 2.75) is 26.0 Å². The van der Waals surface area contributed by atoms with Crippen LogP contribution in [0.15, 0.2) is 48.8 Å². The lowest BCUT2D eigenvalue weighted by atomic mass is 10.0. The van der Waals surface area contributed by atoms with Gasteiger partial charge in [-0.25, -0.2) is 9.07 Å². The van der Waals surface area contributed by atoms with Gasteiger partial charge in [0.2, 0.25) is 11.9 Å². The van der Waals surface area contributed by atoms with E-state index in [1.54, 1.807) is 16.8 Å². The molecule has 1 amide bonds. The minimum Gasteiger partial charge on any atom is -0.490 e. The summed E-state index contributed by atoms with van der Waals surface area (Å²) in [6, 6.07) is 11.4. The van der Waals surface area contributed by atoms with E-state index in [2.05, 4.69) is 15.4 Å². The molecule has 4 rings (SSSR count). The summed E-state index contributed by atoms with van der Waals surface area (Å²) in [5.41, 5.74) is 1.73. The molecule has 0 spiro atoms. The van der Waals surface area contributed by atoms with Gasteiger partial charge in [-0.2, -0.15) is 10.1 Å². The number of halogens is 1. The van der Waals surface area contributed by atoms with Gasteiger partial charge in [0.25, 0.3) is 0 Å². The van der Waals surface area contributed by atoms with Gasteiger partial charge in [0, 0.05) is 0 Å². The van der Waals surface area contributed by atoms with Gasteiger partial charge in [-0.1, -0.05) is 18.2 Å². The molecule has 1 aliphatic heterocycles. The van der Waals surface area contributed by atoms with Crippen molar-refractivity contribution < 1.29 is 18.7 Å². The summed E-state index contributed by atoms with van der Waals surface area (Å²) in [4.78, 5) is 16.1. The third-order valence-electron chi connectivity index (χ3n) is 4.46. The van der Waals surface area contributed by atoms with Gasteiger partial charge in [0.05, 0.1) is 19.1 Å². The Morgan fingerprint density at radius 1 is 1.18 bits per heavy atom. The van der Waals surface area contributed by atoms with Crippen LogP contribution < -0.4 is 14.8 Å². The Morgan fingerprint density at radius 2 is 2.00 bits per heavy atom. The molecule has 3 aromatic rings. The summed E-state index contributed by atoms with van der Waals surface area (Å²) in [5.74, 6) is 1.19. The first-order chi connectivity index (χ1) is 13.6. The third-order valence-corrected chi connectivity index (χ3v) is 4.46. The van der Waals surface area contributed by atoms with Crippen molar-refractivity contribution in [3.8, 4) is 11.5 Å². The van der Waals surface area contributed by atoms with E-state index in [-0.39, 0.29) is 24.2 Å². The normalized spacial score (nSPS) is 15.6. The number of amides is 1. The highest BCUT2D eigenvalue weighted by Gasteiger charge is 2.28. The molecule has 1 atom stereocenters. The Hall–Kier alpha value is -3.42. The van der Waals surface area contributed by atoms with Crippen LogP contribution in [0.4, 0.5) is 10.3 Å². The number of carbonyl (C=O) groups excluding carboxylic acids is 1. The molecule has 8 heteroatoms. The zero-order valence-corrected chi connectivity index (χ0v) is 15.3. The molecule has 0 fully saturated rings. The average Bonchev–Trinajstić information content (AvgIpc) is 3.16. The number of nitrogens with zero attached hydrogens (tertiary/aromatic N) is 3.